The minimum atomic E-state index is 0.272. The number of thiophene rings is 1. The maximum Gasteiger partial charge on any atom is 0.0897 e. The summed E-state index contributed by atoms with van der Waals surface area (Å²) in [6.45, 7) is 5.08. The molecule has 1 atom stereocenters. The zero-order chi connectivity index (χ0) is 12.3. The Hall–Kier alpha value is -0.420. The molecule has 0 aliphatic heterocycles. The number of rotatable bonds is 5. The second-order valence-corrected chi connectivity index (χ2v) is 6.22. The van der Waals surface area contributed by atoms with E-state index in [1.165, 1.54) is 4.88 Å². The predicted octanol–water partition coefficient (Wildman–Crippen LogP) is 4.06. The van der Waals surface area contributed by atoms with Crippen molar-refractivity contribution < 1.29 is 0 Å². The molecule has 0 aliphatic carbocycles. The Balaban J connectivity index is 2.15. The van der Waals surface area contributed by atoms with E-state index >= 15 is 0 Å². The van der Waals surface area contributed by atoms with Crippen molar-refractivity contribution in [2.75, 3.05) is 6.54 Å². The van der Waals surface area contributed by atoms with Crippen molar-refractivity contribution in [2.45, 2.75) is 26.3 Å². The summed E-state index contributed by atoms with van der Waals surface area (Å²) < 4.78 is 0. The van der Waals surface area contributed by atoms with Crippen LogP contribution in [0.3, 0.4) is 0 Å². The smallest absolute Gasteiger partial charge is 0.0897 e. The van der Waals surface area contributed by atoms with E-state index in [1.807, 2.05) is 18.4 Å². The molecule has 0 aliphatic rings. The number of hydrogen-bond donors (Lipinski definition) is 1. The molecule has 1 unspecified atom stereocenters. The Bertz CT molecular complexity index is 478. The highest BCUT2D eigenvalue weighted by molar-refractivity contribution is 7.10. The van der Waals surface area contributed by atoms with E-state index in [0.29, 0.717) is 0 Å². The lowest BCUT2D eigenvalue weighted by molar-refractivity contribution is 0.553. The first-order valence-corrected chi connectivity index (χ1v) is 7.71. The van der Waals surface area contributed by atoms with E-state index in [-0.39, 0.29) is 6.04 Å². The van der Waals surface area contributed by atoms with Crippen molar-refractivity contribution in [3.63, 3.8) is 0 Å². The normalized spacial score (nSPS) is 12.9. The average Bonchev–Trinajstić information content (AvgIpc) is 2.87. The zero-order valence-electron chi connectivity index (χ0n) is 9.87. The molecule has 0 saturated heterocycles. The Morgan fingerprint density at radius 1 is 1.47 bits per heavy atom. The largest absolute Gasteiger partial charge is 0.309 e. The molecule has 2 aromatic heterocycles. The molecule has 17 heavy (non-hydrogen) atoms. The van der Waals surface area contributed by atoms with E-state index < -0.39 is 0 Å². The van der Waals surface area contributed by atoms with Gasteiger partial charge in [0.1, 0.15) is 0 Å². The summed E-state index contributed by atoms with van der Waals surface area (Å²) in [6, 6.07) is 2.23. The van der Waals surface area contributed by atoms with Gasteiger partial charge in [-0.05, 0) is 24.9 Å². The van der Waals surface area contributed by atoms with E-state index in [4.69, 9.17) is 11.6 Å². The standard InChI is InChI=1S/C12H15ClN2S2/c1-3-14-11(12-10(13)4-5-16-12)6-9-7-17-8(2)15-9/h4-5,7,11,14H,3,6H2,1-2H3. The summed E-state index contributed by atoms with van der Waals surface area (Å²) in [5.41, 5.74) is 1.14. The van der Waals surface area contributed by atoms with Crippen molar-refractivity contribution >= 4 is 34.3 Å². The molecule has 2 rings (SSSR count). The first kappa shape index (κ1) is 13.0. The first-order chi connectivity index (χ1) is 8.20. The van der Waals surface area contributed by atoms with Crippen LogP contribution in [0.2, 0.25) is 5.02 Å². The van der Waals surface area contributed by atoms with Gasteiger partial charge in [0.15, 0.2) is 0 Å². The molecule has 2 aromatic rings. The summed E-state index contributed by atoms with van der Waals surface area (Å²) in [6.07, 6.45) is 0.901. The molecule has 5 heteroatoms. The SMILES string of the molecule is CCNC(Cc1csc(C)n1)c1sccc1Cl. The molecular formula is C12H15ClN2S2. The highest BCUT2D eigenvalue weighted by Gasteiger charge is 2.16. The first-order valence-electron chi connectivity index (χ1n) is 5.58. The molecule has 0 radical (unpaired) electrons. The molecule has 92 valence electrons. The van der Waals surface area contributed by atoms with Crippen LogP contribution >= 0.6 is 34.3 Å². The molecule has 0 bridgehead atoms. The second kappa shape index (κ2) is 5.96. The Morgan fingerprint density at radius 2 is 2.29 bits per heavy atom. The number of halogens is 1. The number of aromatic nitrogens is 1. The van der Waals surface area contributed by atoms with Gasteiger partial charge in [0.25, 0.3) is 0 Å². The van der Waals surface area contributed by atoms with Crippen LogP contribution in [0.1, 0.15) is 28.5 Å². The quantitative estimate of drug-likeness (QED) is 0.896. The molecule has 0 saturated carbocycles. The van der Waals surface area contributed by atoms with Crippen LogP contribution in [0.15, 0.2) is 16.8 Å². The monoisotopic (exact) mass is 286 g/mol. The second-order valence-electron chi connectivity index (χ2n) is 3.81. The van der Waals surface area contributed by atoms with E-state index in [9.17, 15) is 0 Å². The van der Waals surface area contributed by atoms with Gasteiger partial charge in [0.05, 0.1) is 15.7 Å². The van der Waals surface area contributed by atoms with Crippen molar-refractivity contribution in [1.29, 1.82) is 0 Å². The minimum absolute atomic E-state index is 0.272. The maximum absolute atomic E-state index is 6.19. The van der Waals surface area contributed by atoms with Crippen LogP contribution in [0, 0.1) is 6.92 Å². The Labute approximate surface area is 115 Å². The number of nitrogens with zero attached hydrogens (tertiary/aromatic N) is 1. The van der Waals surface area contributed by atoms with Crippen molar-refractivity contribution in [3.8, 4) is 0 Å². The van der Waals surface area contributed by atoms with Gasteiger partial charge >= 0.3 is 0 Å². The predicted molar refractivity (Wildman–Crippen MR) is 76.3 cm³/mol. The van der Waals surface area contributed by atoms with Crippen LogP contribution < -0.4 is 5.32 Å². The van der Waals surface area contributed by atoms with Crippen LogP contribution in [-0.2, 0) is 6.42 Å². The van der Waals surface area contributed by atoms with Crippen molar-refractivity contribution in [1.82, 2.24) is 10.3 Å². The number of likely N-dealkylation sites (N-methyl/N-ethyl adjacent to an activating group) is 1. The molecule has 2 heterocycles. The number of nitrogens with one attached hydrogen (secondary N) is 1. The van der Waals surface area contributed by atoms with E-state index in [0.717, 1.165) is 28.7 Å². The van der Waals surface area contributed by atoms with Gasteiger partial charge < -0.3 is 5.32 Å². The highest BCUT2D eigenvalue weighted by atomic mass is 35.5. The van der Waals surface area contributed by atoms with Gasteiger partial charge in [-0.2, -0.15) is 0 Å². The van der Waals surface area contributed by atoms with Crippen LogP contribution in [0.5, 0.6) is 0 Å². The lowest BCUT2D eigenvalue weighted by Gasteiger charge is -2.15. The summed E-state index contributed by atoms with van der Waals surface area (Å²) >= 11 is 9.60. The third-order valence-corrected chi connectivity index (χ3v) is 4.79. The van der Waals surface area contributed by atoms with Crippen LogP contribution in [0.25, 0.3) is 0 Å². The summed E-state index contributed by atoms with van der Waals surface area (Å²) in [5.74, 6) is 0. The molecule has 1 N–H and O–H groups in total. The topological polar surface area (TPSA) is 24.9 Å². The summed E-state index contributed by atoms with van der Waals surface area (Å²) in [4.78, 5) is 5.72. The molecule has 0 aromatic carbocycles. The van der Waals surface area contributed by atoms with E-state index in [2.05, 4.69) is 22.6 Å². The van der Waals surface area contributed by atoms with Gasteiger partial charge in [-0.15, -0.1) is 22.7 Å². The minimum Gasteiger partial charge on any atom is -0.309 e. The molecule has 0 amide bonds. The lowest BCUT2D eigenvalue weighted by atomic mass is 10.1. The molecule has 0 fully saturated rings. The average molecular weight is 287 g/mol. The fourth-order valence-corrected chi connectivity index (χ4v) is 3.66. The number of thiazole rings is 1. The van der Waals surface area contributed by atoms with Crippen LogP contribution in [-0.4, -0.2) is 11.5 Å². The molecular weight excluding hydrogens is 272 g/mol. The maximum atomic E-state index is 6.19. The third kappa shape index (κ3) is 3.28. The fraction of sp³-hybridized carbons (Fsp3) is 0.417. The molecule has 0 spiro atoms. The lowest BCUT2D eigenvalue weighted by Crippen LogP contribution is -2.22. The fourth-order valence-electron chi connectivity index (χ4n) is 1.77. The summed E-state index contributed by atoms with van der Waals surface area (Å²) in [7, 11) is 0. The molecule has 2 nitrogen and oxygen atoms in total. The highest BCUT2D eigenvalue weighted by Crippen LogP contribution is 2.30. The van der Waals surface area contributed by atoms with Crippen molar-refractivity contribution in [2.24, 2.45) is 0 Å². The zero-order valence-corrected chi connectivity index (χ0v) is 12.3. The van der Waals surface area contributed by atoms with Crippen LogP contribution in [0.4, 0.5) is 0 Å². The van der Waals surface area contributed by atoms with Crippen molar-refractivity contribution in [3.05, 3.63) is 37.4 Å². The van der Waals surface area contributed by atoms with Gasteiger partial charge in [0.2, 0.25) is 0 Å². The Kier molecular flexibility index (Phi) is 4.56. The third-order valence-electron chi connectivity index (χ3n) is 2.49. The van der Waals surface area contributed by atoms with Gasteiger partial charge in [0, 0.05) is 22.7 Å². The Morgan fingerprint density at radius 3 is 2.82 bits per heavy atom. The van der Waals surface area contributed by atoms with Gasteiger partial charge in [-0.25, -0.2) is 4.98 Å². The van der Waals surface area contributed by atoms with E-state index in [1.54, 1.807) is 22.7 Å². The van der Waals surface area contributed by atoms with Gasteiger partial charge in [-0.3, -0.25) is 0 Å². The number of hydrogen-bond acceptors (Lipinski definition) is 4. The number of aryl methyl sites for hydroxylation is 1. The summed E-state index contributed by atoms with van der Waals surface area (Å²) in [5, 5.41) is 9.61. The van der Waals surface area contributed by atoms with Gasteiger partial charge in [-0.1, -0.05) is 18.5 Å².